The van der Waals surface area contributed by atoms with Gasteiger partial charge in [0.15, 0.2) is 0 Å². The fourth-order valence-corrected chi connectivity index (χ4v) is 3.19. The molecule has 6 nitrogen and oxygen atoms in total. The number of carbonyl (C=O) groups is 1. The molecule has 0 saturated heterocycles. The van der Waals surface area contributed by atoms with Crippen LogP contribution in [-0.2, 0) is 0 Å². The highest BCUT2D eigenvalue weighted by atomic mass is 19.4. The van der Waals surface area contributed by atoms with E-state index in [0.717, 1.165) is 11.4 Å². The molecule has 2 atom stereocenters. The molecule has 2 heterocycles. The zero-order valence-corrected chi connectivity index (χ0v) is 13.4. The maximum Gasteiger partial charge on any atom is 0.393 e. The average molecular weight is 341 g/mol. The van der Waals surface area contributed by atoms with E-state index in [2.05, 4.69) is 20.4 Å². The highest BCUT2D eigenvalue weighted by molar-refractivity contribution is 5.91. The number of nitrogens with zero attached hydrogens (tertiary/aromatic N) is 4. The topological polar surface area (TPSA) is 72.2 Å². The van der Waals surface area contributed by atoms with E-state index >= 15 is 0 Å². The largest absolute Gasteiger partial charge is 0.393 e. The standard InChI is InChI=1S/C15H18F3N5O/c1-8-7-9(2)23-14(19-8)21-12(22-23)13(24)20-11-6-4-3-5-10(11)15(16,17)18/h7,10-11H,3-6H2,1-2H3,(H,20,24)/t10-,11+/m0/s1. The van der Waals surface area contributed by atoms with Crippen LogP contribution in [0.25, 0.3) is 5.78 Å². The van der Waals surface area contributed by atoms with Crippen LogP contribution in [0.15, 0.2) is 6.07 Å². The molecule has 2 aromatic heterocycles. The van der Waals surface area contributed by atoms with E-state index < -0.39 is 24.0 Å². The van der Waals surface area contributed by atoms with Crippen LogP contribution >= 0.6 is 0 Å². The lowest BCUT2D eigenvalue weighted by molar-refractivity contribution is -0.187. The molecular formula is C15H18F3N5O. The van der Waals surface area contributed by atoms with Gasteiger partial charge in [-0.3, -0.25) is 4.79 Å². The Morgan fingerprint density at radius 2 is 1.96 bits per heavy atom. The molecular weight excluding hydrogens is 323 g/mol. The third kappa shape index (κ3) is 3.20. The molecule has 0 radical (unpaired) electrons. The third-order valence-corrected chi connectivity index (χ3v) is 4.32. The Labute approximate surface area is 136 Å². The van der Waals surface area contributed by atoms with E-state index in [4.69, 9.17) is 0 Å². The summed E-state index contributed by atoms with van der Waals surface area (Å²) in [6.07, 6.45) is -2.80. The zero-order chi connectivity index (χ0) is 17.5. The van der Waals surface area contributed by atoms with Gasteiger partial charge in [-0.2, -0.15) is 18.2 Å². The number of aromatic nitrogens is 4. The van der Waals surface area contributed by atoms with Crippen LogP contribution in [0.5, 0.6) is 0 Å². The quantitative estimate of drug-likeness (QED) is 0.911. The van der Waals surface area contributed by atoms with Crippen molar-refractivity contribution < 1.29 is 18.0 Å². The summed E-state index contributed by atoms with van der Waals surface area (Å²) in [6, 6.07) is 0.845. The summed E-state index contributed by atoms with van der Waals surface area (Å²) in [5, 5.41) is 6.52. The van der Waals surface area contributed by atoms with Crippen LogP contribution < -0.4 is 5.32 Å². The van der Waals surface area contributed by atoms with Crippen LogP contribution in [0.3, 0.4) is 0 Å². The van der Waals surface area contributed by atoms with Crippen molar-refractivity contribution in [2.75, 3.05) is 0 Å². The number of halogens is 3. The van der Waals surface area contributed by atoms with Gasteiger partial charge in [0.05, 0.1) is 5.92 Å². The van der Waals surface area contributed by atoms with Crippen LogP contribution in [0.1, 0.15) is 47.7 Å². The van der Waals surface area contributed by atoms with Gasteiger partial charge in [0.25, 0.3) is 11.7 Å². The lowest BCUT2D eigenvalue weighted by atomic mass is 9.84. The fraction of sp³-hybridized carbons (Fsp3) is 0.600. The first-order chi connectivity index (χ1) is 11.3. The molecule has 2 aromatic rings. The second kappa shape index (κ2) is 6.03. The molecule has 24 heavy (non-hydrogen) atoms. The first-order valence-electron chi connectivity index (χ1n) is 7.84. The Morgan fingerprint density at radius 3 is 2.67 bits per heavy atom. The number of nitrogens with one attached hydrogen (secondary N) is 1. The molecule has 1 saturated carbocycles. The summed E-state index contributed by atoms with van der Waals surface area (Å²) in [4.78, 5) is 20.5. The van der Waals surface area contributed by atoms with Gasteiger partial charge in [-0.1, -0.05) is 12.8 Å². The average Bonchev–Trinajstić information content (AvgIpc) is 2.91. The summed E-state index contributed by atoms with van der Waals surface area (Å²) < 4.78 is 40.7. The normalized spacial score (nSPS) is 21.9. The van der Waals surface area contributed by atoms with Gasteiger partial charge in [0.2, 0.25) is 5.82 Å². The molecule has 1 N–H and O–H groups in total. The van der Waals surface area contributed by atoms with Gasteiger partial charge in [0, 0.05) is 17.4 Å². The van der Waals surface area contributed by atoms with Gasteiger partial charge in [-0.05, 0) is 32.8 Å². The lowest BCUT2D eigenvalue weighted by Gasteiger charge is -2.33. The summed E-state index contributed by atoms with van der Waals surface area (Å²) >= 11 is 0. The Bertz CT molecular complexity index is 770. The molecule has 0 bridgehead atoms. The van der Waals surface area contributed by atoms with Crippen molar-refractivity contribution in [1.82, 2.24) is 24.9 Å². The highest BCUT2D eigenvalue weighted by Gasteiger charge is 2.46. The Morgan fingerprint density at radius 1 is 1.25 bits per heavy atom. The lowest BCUT2D eigenvalue weighted by Crippen LogP contribution is -2.47. The second-order valence-corrected chi connectivity index (χ2v) is 6.20. The minimum absolute atomic E-state index is 0.0346. The number of fused-ring (bicyclic) bond motifs is 1. The monoisotopic (exact) mass is 341 g/mol. The van der Waals surface area contributed by atoms with Crippen LogP contribution in [0, 0.1) is 19.8 Å². The van der Waals surface area contributed by atoms with Gasteiger partial charge < -0.3 is 5.32 Å². The maximum absolute atomic E-state index is 13.1. The van der Waals surface area contributed by atoms with Gasteiger partial charge >= 0.3 is 6.18 Å². The Balaban J connectivity index is 1.82. The first kappa shape index (κ1) is 16.7. The van der Waals surface area contributed by atoms with E-state index in [0.29, 0.717) is 19.3 Å². The van der Waals surface area contributed by atoms with E-state index in [1.807, 2.05) is 0 Å². The van der Waals surface area contributed by atoms with Crippen molar-refractivity contribution in [3.8, 4) is 0 Å². The van der Waals surface area contributed by atoms with Crippen molar-refractivity contribution in [1.29, 1.82) is 0 Å². The summed E-state index contributed by atoms with van der Waals surface area (Å²) in [5.74, 6) is -2.12. The Hall–Kier alpha value is -2.19. The van der Waals surface area contributed by atoms with Crippen LogP contribution in [-0.4, -0.2) is 37.7 Å². The number of hydrogen-bond donors (Lipinski definition) is 1. The van der Waals surface area contributed by atoms with Crippen LogP contribution in [0.4, 0.5) is 13.2 Å². The van der Waals surface area contributed by atoms with E-state index in [9.17, 15) is 18.0 Å². The second-order valence-electron chi connectivity index (χ2n) is 6.20. The molecule has 9 heteroatoms. The first-order valence-corrected chi connectivity index (χ1v) is 7.84. The molecule has 0 unspecified atom stereocenters. The van der Waals surface area contributed by atoms with Crippen molar-refractivity contribution in [2.24, 2.45) is 5.92 Å². The van der Waals surface area contributed by atoms with Crippen molar-refractivity contribution in [2.45, 2.75) is 51.7 Å². The van der Waals surface area contributed by atoms with Gasteiger partial charge in [-0.15, -0.1) is 5.10 Å². The van der Waals surface area contributed by atoms with Gasteiger partial charge in [-0.25, -0.2) is 9.50 Å². The van der Waals surface area contributed by atoms with E-state index in [-0.39, 0.29) is 18.0 Å². The van der Waals surface area contributed by atoms with Crippen molar-refractivity contribution in [3.63, 3.8) is 0 Å². The summed E-state index contributed by atoms with van der Waals surface area (Å²) in [5.41, 5.74) is 1.47. The van der Waals surface area contributed by atoms with E-state index in [1.165, 1.54) is 4.52 Å². The number of hydrogen-bond acceptors (Lipinski definition) is 4. The SMILES string of the molecule is Cc1cc(C)n2nc(C(=O)N[C@@H]3CCCC[C@@H]3C(F)(F)F)nc2n1. The molecule has 1 amide bonds. The Kier molecular flexibility index (Phi) is 4.18. The van der Waals surface area contributed by atoms with Crippen LogP contribution in [0.2, 0.25) is 0 Å². The molecule has 1 aliphatic carbocycles. The smallest absolute Gasteiger partial charge is 0.346 e. The third-order valence-electron chi connectivity index (χ3n) is 4.32. The number of amides is 1. The zero-order valence-electron chi connectivity index (χ0n) is 13.4. The number of carbonyl (C=O) groups excluding carboxylic acids is 1. The number of aryl methyl sites for hydroxylation is 2. The summed E-state index contributed by atoms with van der Waals surface area (Å²) in [7, 11) is 0. The number of alkyl halides is 3. The van der Waals surface area contributed by atoms with Gasteiger partial charge in [0.1, 0.15) is 0 Å². The molecule has 3 rings (SSSR count). The van der Waals surface area contributed by atoms with Crippen molar-refractivity contribution >= 4 is 11.7 Å². The number of rotatable bonds is 2. The summed E-state index contributed by atoms with van der Waals surface area (Å²) in [6.45, 7) is 3.58. The molecule has 0 aliphatic heterocycles. The van der Waals surface area contributed by atoms with E-state index in [1.54, 1.807) is 19.9 Å². The predicted molar refractivity (Wildman–Crippen MR) is 79.5 cm³/mol. The molecule has 0 spiro atoms. The molecule has 0 aromatic carbocycles. The molecule has 1 aliphatic rings. The fourth-order valence-electron chi connectivity index (χ4n) is 3.19. The minimum atomic E-state index is -4.32. The molecule has 1 fully saturated rings. The predicted octanol–water partition coefficient (Wildman–Crippen LogP) is 2.59. The minimum Gasteiger partial charge on any atom is -0.346 e. The van der Waals surface area contributed by atoms with Crippen molar-refractivity contribution in [3.05, 3.63) is 23.3 Å². The highest BCUT2D eigenvalue weighted by Crippen LogP contribution is 2.37. The molecule has 130 valence electrons. The maximum atomic E-state index is 13.1.